The normalized spacial score (nSPS) is 15.3. The summed E-state index contributed by atoms with van der Waals surface area (Å²) in [7, 11) is 6.74. The highest BCUT2D eigenvalue weighted by atomic mass is 127. The molecule has 1 aliphatic heterocycles. The van der Waals surface area contributed by atoms with Gasteiger partial charge < -0.3 is 29.7 Å². The summed E-state index contributed by atoms with van der Waals surface area (Å²) in [4.78, 5) is 20.5. The molecule has 1 amide bonds. The summed E-state index contributed by atoms with van der Waals surface area (Å²) in [5, 5.41) is 6.75. The van der Waals surface area contributed by atoms with E-state index in [1.807, 2.05) is 25.1 Å². The van der Waals surface area contributed by atoms with Crippen LogP contribution in [0.15, 0.2) is 23.2 Å². The standard InChI is InChI=1S/C22H37N5O4.HI/c1-17(19-15-18(29-4)7-8-20(19)30-5)25-22(24-16-21(28)26(2)3)23-9-6-10-27-11-13-31-14-12-27;/h7-8,15,17H,6,9-14,16H2,1-5H3,(H2,23,24,25);1H. The molecule has 1 aromatic rings. The van der Waals surface area contributed by atoms with E-state index in [2.05, 4.69) is 20.5 Å². The van der Waals surface area contributed by atoms with E-state index in [-0.39, 0.29) is 42.5 Å². The van der Waals surface area contributed by atoms with Crippen LogP contribution < -0.4 is 20.1 Å². The maximum absolute atomic E-state index is 12.0. The largest absolute Gasteiger partial charge is 0.497 e. The Kier molecular flexibility index (Phi) is 13.3. The monoisotopic (exact) mass is 563 g/mol. The van der Waals surface area contributed by atoms with Gasteiger partial charge in [0, 0.05) is 39.3 Å². The van der Waals surface area contributed by atoms with E-state index in [1.165, 1.54) is 4.90 Å². The van der Waals surface area contributed by atoms with Gasteiger partial charge in [0.1, 0.15) is 18.0 Å². The minimum Gasteiger partial charge on any atom is -0.497 e. The number of rotatable bonds is 10. The van der Waals surface area contributed by atoms with Gasteiger partial charge in [-0.15, -0.1) is 24.0 Å². The number of carbonyl (C=O) groups is 1. The van der Waals surface area contributed by atoms with Crippen molar-refractivity contribution < 1.29 is 19.0 Å². The summed E-state index contributed by atoms with van der Waals surface area (Å²) in [6.45, 7) is 7.40. The lowest BCUT2D eigenvalue weighted by Gasteiger charge is -2.26. The van der Waals surface area contributed by atoms with Crippen LogP contribution in [-0.4, -0.2) is 95.9 Å². The van der Waals surface area contributed by atoms with Crippen LogP contribution >= 0.6 is 24.0 Å². The number of ether oxygens (including phenoxy) is 3. The number of aliphatic imine (C=N–C) groups is 1. The van der Waals surface area contributed by atoms with Gasteiger partial charge in [0.05, 0.1) is 33.5 Å². The van der Waals surface area contributed by atoms with E-state index in [4.69, 9.17) is 14.2 Å². The van der Waals surface area contributed by atoms with E-state index >= 15 is 0 Å². The van der Waals surface area contributed by atoms with Crippen LogP contribution in [0.1, 0.15) is 24.9 Å². The predicted octanol–water partition coefficient (Wildman–Crippen LogP) is 1.73. The van der Waals surface area contributed by atoms with Crippen molar-refractivity contribution in [2.75, 3.05) is 74.3 Å². The van der Waals surface area contributed by atoms with Crippen molar-refractivity contribution in [2.24, 2.45) is 4.99 Å². The molecule has 0 spiro atoms. The second-order valence-electron chi connectivity index (χ2n) is 7.66. The van der Waals surface area contributed by atoms with Crippen LogP contribution in [-0.2, 0) is 9.53 Å². The molecule has 1 heterocycles. The zero-order valence-electron chi connectivity index (χ0n) is 19.8. The minimum absolute atomic E-state index is 0. The molecule has 1 aromatic carbocycles. The number of carbonyl (C=O) groups excluding carboxylic acids is 1. The Bertz CT molecular complexity index is 726. The molecule has 1 saturated heterocycles. The highest BCUT2D eigenvalue weighted by molar-refractivity contribution is 14.0. The predicted molar refractivity (Wildman–Crippen MR) is 137 cm³/mol. The Morgan fingerprint density at radius 2 is 1.97 bits per heavy atom. The molecule has 9 nitrogen and oxygen atoms in total. The molecule has 0 saturated carbocycles. The van der Waals surface area contributed by atoms with Crippen molar-refractivity contribution in [3.8, 4) is 11.5 Å². The lowest BCUT2D eigenvalue weighted by atomic mass is 10.1. The number of guanidine groups is 1. The van der Waals surface area contributed by atoms with Gasteiger partial charge in [-0.2, -0.15) is 0 Å². The van der Waals surface area contributed by atoms with Crippen molar-refractivity contribution in [1.29, 1.82) is 0 Å². The molecule has 1 atom stereocenters. The van der Waals surface area contributed by atoms with Gasteiger partial charge in [-0.3, -0.25) is 9.69 Å². The van der Waals surface area contributed by atoms with Crippen LogP contribution in [0.3, 0.4) is 0 Å². The number of methoxy groups -OCH3 is 2. The first-order valence-corrected chi connectivity index (χ1v) is 10.7. The number of likely N-dealkylation sites (N-methyl/N-ethyl adjacent to an activating group) is 1. The maximum Gasteiger partial charge on any atom is 0.243 e. The van der Waals surface area contributed by atoms with Gasteiger partial charge in [-0.25, -0.2) is 4.99 Å². The van der Waals surface area contributed by atoms with Gasteiger partial charge >= 0.3 is 0 Å². The molecule has 0 aliphatic carbocycles. The summed E-state index contributed by atoms with van der Waals surface area (Å²) in [6.07, 6.45) is 0.971. The Labute approximate surface area is 208 Å². The molecule has 32 heavy (non-hydrogen) atoms. The number of benzene rings is 1. The summed E-state index contributed by atoms with van der Waals surface area (Å²) in [5.41, 5.74) is 0.948. The zero-order valence-corrected chi connectivity index (χ0v) is 22.2. The third-order valence-corrected chi connectivity index (χ3v) is 5.18. The summed E-state index contributed by atoms with van der Waals surface area (Å²) >= 11 is 0. The Morgan fingerprint density at radius 3 is 2.59 bits per heavy atom. The van der Waals surface area contributed by atoms with E-state index in [9.17, 15) is 4.79 Å². The molecule has 0 aromatic heterocycles. The highest BCUT2D eigenvalue weighted by Gasteiger charge is 2.15. The molecule has 0 bridgehead atoms. The fourth-order valence-electron chi connectivity index (χ4n) is 3.24. The first-order chi connectivity index (χ1) is 14.9. The van der Waals surface area contributed by atoms with Gasteiger partial charge in [0.25, 0.3) is 0 Å². The fourth-order valence-corrected chi connectivity index (χ4v) is 3.24. The number of hydrogen-bond donors (Lipinski definition) is 2. The average molecular weight is 563 g/mol. The average Bonchev–Trinajstić information content (AvgIpc) is 2.79. The number of nitrogens with zero attached hydrogens (tertiary/aromatic N) is 3. The molecule has 182 valence electrons. The van der Waals surface area contributed by atoms with Crippen molar-refractivity contribution in [3.05, 3.63) is 23.8 Å². The van der Waals surface area contributed by atoms with Crippen LogP contribution in [0, 0.1) is 0 Å². The van der Waals surface area contributed by atoms with Crippen molar-refractivity contribution in [3.63, 3.8) is 0 Å². The van der Waals surface area contributed by atoms with Crippen LogP contribution in [0.2, 0.25) is 0 Å². The van der Waals surface area contributed by atoms with Crippen molar-refractivity contribution >= 4 is 35.8 Å². The van der Waals surface area contributed by atoms with Crippen LogP contribution in [0.25, 0.3) is 0 Å². The zero-order chi connectivity index (χ0) is 22.6. The Hall–Kier alpha value is -1.79. The molecular formula is C22H38IN5O4. The van der Waals surface area contributed by atoms with Crippen LogP contribution in [0.4, 0.5) is 0 Å². The number of amides is 1. The van der Waals surface area contributed by atoms with Crippen LogP contribution in [0.5, 0.6) is 11.5 Å². The Balaban J connectivity index is 0.00000512. The molecule has 2 rings (SSSR count). The topological polar surface area (TPSA) is 87.7 Å². The van der Waals surface area contributed by atoms with E-state index in [1.54, 1.807) is 28.3 Å². The third-order valence-electron chi connectivity index (χ3n) is 5.18. The number of hydrogen-bond acceptors (Lipinski definition) is 6. The molecule has 1 aliphatic rings. The molecule has 10 heteroatoms. The molecule has 2 N–H and O–H groups in total. The maximum atomic E-state index is 12.0. The van der Waals surface area contributed by atoms with Crippen molar-refractivity contribution in [1.82, 2.24) is 20.4 Å². The lowest BCUT2D eigenvalue weighted by Crippen LogP contribution is -2.42. The summed E-state index contributed by atoms with van der Waals surface area (Å²) < 4.78 is 16.3. The second-order valence-corrected chi connectivity index (χ2v) is 7.66. The molecular weight excluding hydrogens is 525 g/mol. The van der Waals surface area contributed by atoms with Gasteiger partial charge in [-0.05, 0) is 38.1 Å². The van der Waals surface area contributed by atoms with Gasteiger partial charge in [-0.1, -0.05) is 0 Å². The van der Waals surface area contributed by atoms with Gasteiger partial charge in [0.15, 0.2) is 5.96 Å². The minimum atomic E-state index is -0.106. The quantitative estimate of drug-likeness (QED) is 0.194. The highest BCUT2D eigenvalue weighted by Crippen LogP contribution is 2.29. The molecule has 0 radical (unpaired) electrons. The van der Waals surface area contributed by atoms with Gasteiger partial charge in [0.2, 0.25) is 5.91 Å². The first kappa shape index (κ1) is 28.2. The van der Waals surface area contributed by atoms with E-state index in [0.29, 0.717) is 5.96 Å². The number of halogens is 1. The Morgan fingerprint density at radius 1 is 1.25 bits per heavy atom. The summed E-state index contributed by atoms with van der Waals surface area (Å²) in [5.74, 6) is 2.05. The molecule has 1 fully saturated rings. The second kappa shape index (κ2) is 15.1. The van der Waals surface area contributed by atoms with E-state index < -0.39 is 0 Å². The smallest absolute Gasteiger partial charge is 0.243 e. The number of nitrogens with one attached hydrogen (secondary N) is 2. The van der Waals surface area contributed by atoms with E-state index in [0.717, 1.165) is 62.9 Å². The SMILES string of the molecule is COc1ccc(OC)c(C(C)NC(=NCC(=O)N(C)C)NCCCN2CCOCC2)c1.I. The summed E-state index contributed by atoms with van der Waals surface area (Å²) in [6, 6.07) is 5.58. The molecule has 1 unspecified atom stereocenters. The number of morpholine rings is 1. The third kappa shape index (κ3) is 9.37. The van der Waals surface area contributed by atoms with Crippen molar-refractivity contribution in [2.45, 2.75) is 19.4 Å². The lowest BCUT2D eigenvalue weighted by molar-refractivity contribution is -0.127. The first-order valence-electron chi connectivity index (χ1n) is 10.7. The fraction of sp³-hybridized carbons (Fsp3) is 0.636.